The zero-order chi connectivity index (χ0) is 17.4. The minimum absolute atomic E-state index is 0.416. The van der Waals surface area contributed by atoms with E-state index in [2.05, 4.69) is 33.5 Å². The van der Waals surface area contributed by atoms with Gasteiger partial charge in [-0.05, 0) is 59.3 Å². The zero-order valence-electron chi connectivity index (χ0n) is 15.6. The van der Waals surface area contributed by atoms with E-state index in [0.717, 1.165) is 50.4 Å². The second-order valence-electron chi connectivity index (χ2n) is 7.68. The average molecular weight is 340 g/mol. The molecule has 0 aromatic carbocycles. The molecular formula is C19H28N6. The topological polar surface area (TPSA) is 59.7 Å². The van der Waals surface area contributed by atoms with Gasteiger partial charge in [0.25, 0.3) is 0 Å². The van der Waals surface area contributed by atoms with Gasteiger partial charge in [-0.2, -0.15) is 0 Å². The molecule has 2 aromatic heterocycles. The van der Waals surface area contributed by atoms with Gasteiger partial charge >= 0.3 is 0 Å². The first-order valence-corrected chi connectivity index (χ1v) is 9.64. The Morgan fingerprint density at radius 3 is 2.60 bits per heavy atom. The van der Waals surface area contributed by atoms with Gasteiger partial charge < -0.3 is 9.47 Å². The number of anilines is 1. The first-order chi connectivity index (χ1) is 12.1. The van der Waals surface area contributed by atoms with Crippen molar-refractivity contribution in [1.29, 1.82) is 0 Å². The third kappa shape index (κ3) is 3.14. The number of piperidine rings is 1. The Bertz CT molecular complexity index is 742. The van der Waals surface area contributed by atoms with E-state index in [1.54, 1.807) is 0 Å². The first-order valence-electron chi connectivity index (χ1n) is 9.64. The first kappa shape index (κ1) is 16.5. The number of nitrogens with zero attached hydrogens (tertiary/aromatic N) is 6. The van der Waals surface area contributed by atoms with Crippen LogP contribution >= 0.6 is 0 Å². The number of aromatic nitrogens is 5. The van der Waals surface area contributed by atoms with Crippen LogP contribution in [0.5, 0.6) is 0 Å². The van der Waals surface area contributed by atoms with Crippen LogP contribution in [0.1, 0.15) is 74.4 Å². The summed E-state index contributed by atoms with van der Waals surface area (Å²) in [6, 6.07) is 0.416. The molecule has 134 valence electrons. The SMILES string of the molecule is Cc1nc2c(c(N3CCC(c4nncn4C(C)C)CC3)n1)CCCC2. The number of hydrogen-bond donors (Lipinski definition) is 0. The van der Waals surface area contributed by atoms with Crippen LogP contribution in [0, 0.1) is 6.92 Å². The van der Waals surface area contributed by atoms with Crippen molar-refractivity contribution in [3.8, 4) is 0 Å². The smallest absolute Gasteiger partial charge is 0.136 e. The maximum Gasteiger partial charge on any atom is 0.136 e. The maximum atomic E-state index is 4.83. The summed E-state index contributed by atoms with van der Waals surface area (Å²) in [5.74, 6) is 3.76. The zero-order valence-corrected chi connectivity index (χ0v) is 15.6. The highest BCUT2D eigenvalue weighted by atomic mass is 15.3. The molecule has 6 nitrogen and oxygen atoms in total. The van der Waals surface area contributed by atoms with Crippen LogP contribution in [-0.4, -0.2) is 37.8 Å². The highest BCUT2D eigenvalue weighted by Crippen LogP contribution is 2.33. The Morgan fingerprint density at radius 2 is 1.84 bits per heavy atom. The fourth-order valence-corrected chi connectivity index (χ4v) is 4.25. The van der Waals surface area contributed by atoms with E-state index in [1.807, 2.05) is 13.3 Å². The lowest BCUT2D eigenvalue weighted by Crippen LogP contribution is -2.35. The fourth-order valence-electron chi connectivity index (χ4n) is 4.25. The van der Waals surface area contributed by atoms with Crippen LogP contribution in [0.2, 0.25) is 0 Å². The van der Waals surface area contributed by atoms with Crippen LogP contribution in [0.3, 0.4) is 0 Å². The standard InChI is InChI=1S/C19H28N6/c1-13(2)25-12-20-23-18(25)15-8-10-24(11-9-15)19-16-6-4-5-7-17(16)21-14(3)22-19/h12-13,15H,4-11H2,1-3H3. The van der Waals surface area contributed by atoms with Crippen molar-refractivity contribution in [1.82, 2.24) is 24.7 Å². The molecule has 6 heteroatoms. The van der Waals surface area contributed by atoms with Gasteiger partial charge in [0.15, 0.2) is 0 Å². The van der Waals surface area contributed by atoms with Crippen molar-refractivity contribution in [3.63, 3.8) is 0 Å². The third-order valence-corrected chi connectivity index (χ3v) is 5.59. The molecule has 0 atom stereocenters. The monoisotopic (exact) mass is 340 g/mol. The van der Waals surface area contributed by atoms with E-state index in [0.29, 0.717) is 12.0 Å². The Balaban J connectivity index is 1.53. The van der Waals surface area contributed by atoms with Crippen molar-refractivity contribution in [2.24, 2.45) is 0 Å². The summed E-state index contributed by atoms with van der Waals surface area (Å²) in [4.78, 5) is 12.0. The molecule has 0 spiro atoms. The predicted molar refractivity (Wildman–Crippen MR) is 98.0 cm³/mol. The molecule has 0 unspecified atom stereocenters. The number of aryl methyl sites for hydroxylation is 2. The van der Waals surface area contributed by atoms with Crippen molar-refractivity contribution >= 4 is 5.82 Å². The molecule has 0 saturated carbocycles. The van der Waals surface area contributed by atoms with Crippen molar-refractivity contribution in [2.75, 3.05) is 18.0 Å². The summed E-state index contributed by atoms with van der Waals surface area (Å²) in [5, 5.41) is 8.56. The van der Waals surface area contributed by atoms with Crippen molar-refractivity contribution in [3.05, 3.63) is 29.2 Å². The summed E-state index contributed by atoms with van der Waals surface area (Å²) in [6.45, 7) is 8.49. The molecule has 4 rings (SSSR count). The lowest BCUT2D eigenvalue weighted by molar-refractivity contribution is 0.446. The number of rotatable bonds is 3. The molecule has 2 aromatic rings. The molecule has 25 heavy (non-hydrogen) atoms. The summed E-state index contributed by atoms with van der Waals surface area (Å²) in [6.07, 6.45) is 8.87. The minimum atomic E-state index is 0.416. The maximum absolute atomic E-state index is 4.83. The van der Waals surface area contributed by atoms with Gasteiger partial charge in [-0.15, -0.1) is 10.2 Å². The van der Waals surface area contributed by atoms with E-state index < -0.39 is 0 Å². The van der Waals surface area contributed by atoms with Gasteiger partial charge in [0, 0.05) is 36.3 Å². The largest absolute Gasteiger partial charge is 0.356 e. The van der Waals surface area contributed by atoms with Gasteiger partial charge in [-0.1, -0.05) is 0 Å². The Labute approximate surface area is 149 Å². The predicted octanol–water partition coefficient (Wildman–Crippen LogP) is 3.22. The number of hydrogen-bond acceptors (Lipinski definition) is 5. The van der Waals surface area contributed by atoms with E-state index in [1.165, 1.54) is 29.9 Å². The fraction of sp³-hybridized carbons (Fsp3) is 0.684. The van der Waals surface area contributed by atoms with E-state index in [4.69, 9.17) is 9.97 Å². The van der Waals surface area contributed by atoms with Crippen LogP contribution in [0.4, 0.5) is 5.82 Å². The van der Waals surface area contributed by atoms with E-state index in [-0.39, 0.29) is 0 Å². The van der Waals surface area contributed by atoms with E-state index >= 15 is 0 Å². The molecule has 0 bridgehead atoms. The van der Waals surface area contributed by atoms with Crippen LogP contribution in [0.15, 0.2) is 6.33 Å². The Hall–Kier alpha value is -1.98. The summed E-state index contributed by atoms with van der Waals surface area (Å²) < 4.78 is 2.22. The molecule has 3 heterocycles. The van der Waals surface area contributed by atoms with E-state index in [9.17, 15) is 0 Å². The molecule has 1 aliphatic carbocycles. The second-order valence-corrected chi connectivity index (χ2v) is 7.68. The summed E-state index contributed by atoms with van der Waals surface area (Å²) in [7, 11) is 0. The Kier molecular flexibility index (Phi) is 4.44. The summed E-state index contributed by atoms with van der Waals surface area (Å²) in [5.41, 5.74) is 2.69. The third-order valence-electron chi connectivity index (χ3n) is 5.59. The lowest BCUT2D eigenvalue weighted by atomic mass is 9.93. The molecular weight excluding hydrogens is 312 g/mol. The minimum Gasteiger partial charge on any atom is -0.356 e. The highest BCUT2D eigenvalue weighted by molar-refractivity contribution is 5.50. The summed E-state index contributed by atoms with van der Waals surface area (Å²) >= 11 is 0. The van der Waals surface area contributed by atoms with Gasteiger partial charge in [-0.25, -0.2) is 9.97 Å². The van der Waals surface area contributed by atoms with Gasteiger partial charge in [-0.3, -0.25) is 0 Å². The quantitative estimate of drug-likeness (QED) is 0.858. The van der Waals surface area contributed by atoms with Crippen LogP contribution in [0.25, 0.3) is 0 Å². The second kappa shape index (κ2) is 6.73. The molecule has 0 radical (unpaired) electrons. The van der Waals surface area contributed by atoms with Gasteiger partial charge in [0.05, 0.1) is 0 Å². The average Bonchev–Trinajstić information content (AvgIpc) is 3.11. The molecule has 1 fully saturated rings. The van der Waals surface area contributed by atoms with Crippen LogP contribution < -0.4 is 4.90 Å². The molecule has 0 N–H and O–H groups in total. The van der Waals surface area contributed by atoms with Crippen molar-refractivity contribution in [2.45, 2.75) is 71.3 Å². The normalized spacial score (nSPS) is 18.6. The number of fused-ring (bicyclic) bond motifs is 1. The van der Waals surface area contributed by atoms with Gasteiger partial charge in [0.2, 0.25) is 0 Å². The highest BCUT2D eigenvalue weighted by Gasteiger charge is 2.28. The molecule has 2 aliphatic rings. The van der Waals surface area contributed by atoms with Crippen LogP contribution in [-0.2, 0) is 12.8 Å². The Morgan fingerprint density at radius 1 is 1.08 bits per heavy atom. The molecule has 0 amide bonds. The molecule has 1 saturated heterocycles. The lowest BCUT2D eigenvalue weighted by Gasteiger charge is -2.35. The molecule has 1 aliphatic heterocycles. The van der Waals surface area contributed by atoms with Crippen molar-refractivity contribution < 1.29 is 0 Å². The van der Waals surface area contributed by atoms with Gasteiger partial charge in [0.1, 0.15) is 23.8 Å².